The third-order valence-corrected chi connectivity index (χ3v) is 3.67. The van der Waals surface area contributed by atoms with E-state index < -0.39 is 0 Å². The van der Waals surface area contributed by atoms with E-state index in [9.17, 15) is 4.79 Å². The molecule has 3 N–H and O–H groups in total. The molecular formula is C17H19N3O. The van der Waals surface area contributed by atoms with Crippen LogP contribution in [0.4, 0.5) is 21.9 Å². The van der Waals surface area contributed by atoms with Gasteiger partial charge in [0.05, 0.1) is 11.4 Å². The molecule has 3 rings (SSSR count). The fraction of sp³-hybridized carbons (Fsp3) is 0.235. The summed E-state index contributed by atoms with van der Waals surface area (Å²) >= 11 is 0. The maximum absolute atomic E-state index is 12.1. The second-order valence-corrected chi connectivity index (χ2v) is 5.37. The molecule has 0 aromatic heterocycles. The van der Waals surface area contributed by atoms with E-state index in [4.69, 9.17) is 0 Å². The third-order valence-electron chi connectivity index (χ3n) is 3.67. The van der Waals surface area contributed by atoms with E-state index >= 15 is 0 Å². The van der Waals surface area contributed by atoms with Gasteiger partial charge in [-0.1, -0.05) is 30.3 Å². The maximum atomic E-state index is 12.1. The number of nitrogens with one attached hydrogen (secondary N) is 3. The average Bonchev–Trinajstić information content (AvgIpc) is 2.49. The van der Waals surface area contributed by atoms with Crippen molar-refractivity contribution in [1.82, 2.24) is 0 Å². The molecule has 0 radical (unpaired) electrons. The predicted octanol–water partition coefficient (Wildman–Crippen LogP) is 4.08. The smallest absolute Gasteiger partial charge is 0.323 e. The summed E-state index contributed by atoms with van der Waals surface area (Å²) in [6, 6.07) is 15.6. The topological polar surface area (TPSA) is 53.2 Å². The van der Waals surface area contributed by atoms with E-state index in [1.54, 1.807) is 0 Å². The highest BCUT2D eigenvalue weighted by molar-refractivity contribution is 6.02. The van der Waals surface area contributed by atoms with Gasteiger partial charge in [0.15, 0.2) is 0 Å². The summed E-state index contributed by atoms with van der Waals surface area (Å²) < 4.78 is 0. The van der Waals surface area contributed by atoms with Crippen LogP contribution in [0.2, 0.25) is 0 Å². The highest BCUT2D eigenvalue weighted by atomic mass is 16.2. The highest BCUT2D eigenvalue weighted by Gasteiger charge is 2.17. The largest absolute Gasteiger partial charge is 0.381 e. The molecule has 0 bridgehead atoms. The standard InChI is InChI=1S/C17H19N3O/c1-12-10-11-13-6-5-9-15(16(13)18-12)20-17(21)19-14-7-3-2-4-8-14/h2-9,12,18H,10-11H2,1H3,(H2,19,20,21). The molecule has 1 unspecified atom stereocenters. The molecule has 2 aromatic rings. The predicted molar refractivity (Wildman–Crippen MR) is 86.9 cm³/mol. The van der Waals surface area contributed by atoms with Crippen LogP contribution >= 0.6 is 0 Å². The molecule has 4 heteroatoms. The van der Waals surface area contributed by atoms with Gasteiger partial charge in [-0.15, -0.1) is 0 Å². The molecule has 2 amide bonds. The molecule has 108 valence electrons. The second-order valence-electron chi connectivity index (χ2n) is 5.37. The van der Waals surface area contributed by atoms with Crippen LogP contribution in [-0.2, 0) is 6.42 Å². The highest BCUT2D eigenvalue weighted by Crippen LogP contribution is 2.32. The summed E-state index contributed by atoms with van der Waals surface area (Å²) in [4.78, 5) is 12.1. The number of hydrogen-bond donors (Lipinski definition) is 3. The fourth-order valence-electron chi connectivity index (χ4n) is 2.58. The summed E-state index contributed by atoms with van der Waals surface area (Å²) in [7, 11) is 0. The quantitative estimate of drug-likeness (QED) is 0.777. The van der Waals surface area contributed by atoms with Gasteiger partial charge < -0.3 is 16.0 Å². The van der Waals surface area contributed by atoms with Crippen LogP contribution in [0.1, 0.15) is 18.9 Å². The Kier molecular flexibility index (Phi) is 3.77. The normalized spacial score (nSPS) is 16.5. The van der Waals surface area contributed by atoms with Crippen molar-refractivity contribution in [3.8, 4) is 0 Å². The van der Waals surface area contributed by atoms with E-state index in [1.807, 2.05) is 42.5 Å². The number of rotatable bonds is 2. The van der Waals surface area contributed by atoms with E-state index in [-0.39, 0.29) is 6.03 Å². The van der Waals surface area contributed by atoms with E-state index in [0.29, 0.717) is 6.04 Å². The molecule has 0 spiro atoms. The zero-order valence-corrected chi connectivity index (χ0v) is 12.0. The molecule has 1 aliphatic heterocycles. The lowest BCUT2D eigenvalue weighted by Crippen LogP contribution is -2.25. The zero-order chi connectivity index (χ0) is 14.7. The summed E-state index contributed by atoms with van der Waals surface area (Å²) in [5, 5.41) is 9.21. The molecule has 4 nitrogen and oxygen atoms in total. The van der Waals surface area contributed by atoms with E-state index in [1.165, 1.54) is 5.56 Å². The number of amides is 2. The van der Waals surface area contributed by atoms with Crippen molar-refractivity contribution in [2.75, 3.05) is 16.0 Å². The first-order valence-electron chi connectivity index (χ1n) is 7.24. The number of carbonyl (C=O) groups excluding carboxylic acids is 1. The Hall–Kier alpha value is -2.49. The lowest BCUT2D eigenvalue weighted by molar-refractivity contribution is 0.262. The minimum absolute atomic E-state index is 0.227. The van der Waals surface area contributed by atoms with Crippen LogP contribution < -0.4 is 16.0 Å². The van der Waals surface area contributed by atoms with Gasteiger partial charge in [-0.05, 0) is 43.5 Å². The summed E-state index contributed by atoms with van der Waals surface area (Å²) in [5.41, 5.74) is 3.90. The third kappa shape index (κ3) is 3.16. The molecule has 1 aliphatic rings. The van der Waals surface area contributed by atoms with Gasteiger partial charge in [-0.2, -0.15) is 0 Å². The Morgan fingerprint density at radius 3 is 2.71 bits per heavy atom. The van der Waals surface area contributed by atoms with Gasteiger partial charge >= 0.3 is 6.03 Å². The number of benzene rings is 2. The number of carbonyl (C=O) groups is 1. The number of fused-ring (bicyclic) bond motifs is 1. The lowest BCUT2D eigenvalue weighted by atomic mass is 9.98. The van der Waals surface area contributed by atoms with Crippen molar-refractivity contribution in [2.24, 2.45) is 0 Å². The first kappa shape index (κ1) is 13.5. The van der Waals surface area contributed by atoms with Crippen molar-refractivity contribution in [3.05, 3.63) is 54.1 Å². The van der Waals surface area contributed by atoms with Crippen LogP contribution in [0.3, 0.4) is 0 Å². The molecule has 0 fully saturated rings. The Morgan fingerprint density at radius 1 is 1.10 bits per heavy atom. The lowest BCUT2D eigenvalue weighted by Gasteiger charge is -2.26. The Balaban J connectivity index is 1.75. The molecule has 0 saturated carbocycles. The number of para-hydroxylation sites is 2. The van der Waals surface area contributed by atoms with Gasteiger partial charge in [0, 0.05) is 11.7 Å². The van der Waals surface area contributed by atoms with Crippen molar-refractivity contribution in [1.29, 1.82) is 0 Å². The summed E-state index contributed by atoms with van der Waals surface area (Å²) in [6.07, 6.45) is 2.16. The molecule has 21 heavy (non-hydrogen) atoms. The number of anilines is 3. The van der Waals surface area contributed by atoms with E-state index in [2.05, 4.69) is 28.9 Å². The first-order valence-corrected chi connectivity index (χ1v) is 7.24. The molecule has 2 aromatic carbocycles. The van der Waals surface area contributed by atoms with Crippen molar-refractivity contribution >= 4 is 23.1 Å². The SMILES string of the molecule is CC1CCc2cccc(NC(=O)Nc3ccccc3)c2N1. The number of aryl methyl sites for hydroxylation is 1. The van der Waals surface area contributed by atoms with Crippen LogP contribution in [0.5, 0.6) is 0 Å². The van der Waals surface area contributed by atoms with Crippen LogP contribution in [-0.4, -0.2) is 12.1 Å². The van der Waals surface area contributed by atoms with Crippen molar-refractivity contribution in [3.63, 3.8) is 0 Å². The monoisotopic (exact) mass is 281 g/mol. The molecule has 0 saturated heterocycles. The maximum Gasteiger partial charge on any atom is 0.323 e. The Bertz CT molecular complexity index is 640. The van der Waals surface area contributed by atoms with Gasteiger partial charge in [0.25, 0.3) is 0 Å². The minimum Gasteiger partial charge on any atom is -0.381 e. The molecule has 0 aliphatic carbocycles. The van der Waals surface area contributed by atoms with Gasteiger partial charge in [0.1, 0.15) is 0 Å². The van der Waals surface area contributed by atoms with Gasteiger partial charge in [0.2, 0.25) is 0 Å². The Morgan fingerprint density at radius 2 is 1.90 bits per heavy atom. The minimum atomic E-state index is -0.227. The van der Waals surface area contributed by atoms with Gasteiger partial charge in [-0.3, -0.25) is 0 Å². The second kappa shape index (κ2) is 5.87. The summed E-state index contributed by atoms with van der Waals surface area (Å²) in [5.74, 6) is 0. The van der Waals surface area contributed by atoms with Crippen LogP contribution in [0.25, 0.3) is 0 Å². The summed E-state index contributed by atoms with van der Waals surface area (Å²) in [6.45, 7) is 2.16. The number of urea groups is 1. The first-order chi connectivity index (χ1) is 10.2. The van der Waals surface area contributed by atoms with E-state index in [0.717, 1.165) is 29.9 Å². The van der Waals surface area contributed by atoms with Crippen LogP contribution in [0.15, 0.2) is 48.5 Å². The zero-order valence-electron chi connectivity index (χ0n) is 12.0. The van der Waals surface area contributed by atoms with Gasteiger partial charge in [-0.25, -0.2) is 4.79 Å². The average molecular weight is 281 g/mol. The molecular weight excluding hydrogens is 262 g/mol. The number of hydrogen-bond acceptors (Lipinski definition) is 2. The fourth-order valence-corrected chi connectivity index (χ4v) is 2.58. The Labute approximate surface area is 124 Å². The molecule has 1 atom stereocenters. The van der Waals surface area contributed by atoms with Crippen molar-refractivity contribution < 1.29 is 4.79 Å². The molecule has 1 heterocycles. The van der Waals surface area contributed by atoms with Crippen LogP contribution in [0, 0.1) is 0 Å². The van der Waals surface area contributed by atoms with Crippen molar-refractivity contribution in [2.45, 2.75) is 25.8 Å².